The predicted octanol–water partition coefficient (Wildman–Crippen LogP) is 3.78. The van der Waals surface area contributed by atoms with Crippen molar-refractivity contribution in [3.8, 4) is 0 Å². The van der Waals surface area contributed by atoms with Gasteiger partial charge in [0, 0.05) is 30.7 Å². The lowest BCUT2D eigenvalue weighted by atomic mass is 10.1. The largest absolute Gasteiger partial charge is 0.351 e. The number of hydrogen-bond donors (Lipinski definition) is 1. The summed E-state index contributed by atoms with van der Waals surface area (Å²) in [5, 5.41) is 2.76. The summed E-state index contributed by atoms with van der Waals surface area (Å²) < 4.78 is 55.6. The van der Waals surface area contributed by atoms with Crippen LogP contribution in [0.4, 0.5) is 0 Å². The number of nitrogens with zero attached hydrogens (tertiary/aromatic N) is 2. The van der Waals surface area contributed by atoms with Crippen molar-refractivity contribution in [1.82, 2.24) is 13.9 Å². The zero-order chi connectivity index (χ0) is 27.2. The summed E-state index contributed by atoms with van der Waals surface area (Å²) in [6.45, 7) is 1.01. The molecular weight excluding hydrogens is 590 g/mol. The molecule has 1 amide bonds. The van der Waals surface area contributed by atoms with Crippen LogP contribution in [-0.2, 0) is 37.8 Å². The maximum absolute atomic E-state index is 13.4. The molecule has 1 fully saturated rings. The van der Waals surface area contributed by atoms with Crippen molar-refractivity contribution in [1.29, 1.82) is 0 Å². The van der Waals surface area contributed by atoms with Gasteiger partial charge in [0.1, 0.15) is 0 Å². The molecule has 3 aromatic rings. The minimum absolute atomic E-state index is 0.108. The molecule has 1 N–H and O–H groups in total. The molecule has 0 aromatic heterocycles. The summed E-state index contributed by atoms with van der Waals surface area (Å²) in [5.41, 5.74) is 1.68. The van der Waals surface area contributed by atoms with Crippen molar-refractivity contribution in [3.63, 3.8) is 0 Å². The second kappa shape index (κ2) is 12.5. The Kier molecular flexibility index (Phi) is 9.37. The van der Waals surface area contributed by atoms with E-state index in [1.54, 1.807) is 36.4 Å². The molecule has 11 heteroatoms. The van der Waals surface area contributed by atoms with Crippen LogP contribution in [0.2, 0.25) is 0 Å². The van der Waals surface area contributed by atoms with Crippen LogP contribution >= 0.6 is 15.9 Å². The molecule has 1 heterocycles. The van der Waals surface area contributed by atoms with Crippen molar-refractivity contribution < 1.29 is 21.6 Å². The second-order valence-electron chi connectivity index (χ2n) is 9.06. The number of halogens is 1. The van der Waals surface area contributed by atoms with E-state index in [1.807, 2.05) is 30.3 Å². The Morgan fingerprint density at radius 2 is 1.42 bits per heavy atom. The fraction of sp³-hybridized carbons (Fsp3) is 0.296. The number of rotatable bonds is 11. The lowest BCUT2D eigenvalue weighted by Crippen LogP contribution is -2.41. The number of amides is 1. The second-order valence-corrected chi connectivity index (χ2v) is 13.9. The minimum atomic E-state index is -3.92. The third-order valence-corrected chi connectivity index (χ3v) is 10.7. The first-order valence-corrected chi connectivity index (χ1v) is 16.0. The van der Waals surface area contributed by atoms with Crippen LogP contribution in [0.25, 0.3) is 0 Å². The predicted molar refractivity (Wildman–Crippen MR) is 149 cm³/mol. The van der Waals surface area contributed by atoms with E-state index in [-0.39, 0.29) is 29.4 Å². The van der Waals surface area contributed by atoms with Gasteiger partial charge in [-0.25, -0.2) is 16.8 Å². The number of benzene rings is 3. The molecule has 0 radical (unpaired) electrons. The number of hydrogen-bond acceptors (Lipinski definition) is 5. The van der Waals surface area contributed by atoms with Crippen molar-refractivity contribution in [2.24, 2.45) is 0 Å². The summed E-state index contributed by atoms with van der Waals surface area (Å²) in [5.74, 6) is -0.451. The fourth-order valence-electron chi connectivity index (χ4n) is 4.21. The summed E-state index contributed by atoms with van der Waals surface area (Å²) >= 11 is 3.32. The van der Waals surface area contributed by atoms with E-state index in [9.17, 15) is 21.6 Å². The first-order chi connectivity index (χ1) is 18.2. The van der Waals surface area contributed by atoms with Gasteiger partial charge in [-0.2, -0.15) is 8.61 Å². The van der Waals surface area contributed by atoms with Crippen molar-refractivity contribution >= 4 is 41.9 Å². The quantitative estimate of drug-likeness (QED) is 0.352. The van der Waals surface area contributed by atoms with Crippen LogP contribution in [0.15, 0.2) is 93.1 Å². The van der Waals surface area contributed by atoms with Gasteiger partial charge >= 0.3 is 0 Å². The molecule has 38 heavy (non-hydrogen) atoms. The lowest BCUT2D eigenvalue weighted by Gasteiger charge is -2.22. The smallest absolute Gasteiger partial charge is 0.243 e. The molecule has 4 rings (SSSR count). The number of nitrogens with one attached hydrogen (secondary N) is 1. The van der Waals surface area contributed by atoms with E-state index in [0.29, 0.717) is 25.1 Å². The van der Waals surface area contributed by atoms with E-state index >= 15 is 0 Å². The van der Waals surface area contributed by atoms with Crippen LogP contribution in [-0.4, -0.2) is 57.5 Å². The normalized spacial score (nSPS) is 14.6. The third kappa shape index (κ3) is 7.09. The molecule has 1 aliphatic rings. The van der Waals surface area contributed by atoms with Gasteiger partial charge in [0.2, 0.25) is 26.0 Å². The summed E-state index contributed by atoms with van der Waals surface area (Å²) in [6, 6.07) is 22.2. The molecule has 202 valence electrons. The van der Waals surface area contributed by atoms with Gasteiger partial charge in [-0.05, 0) is 66.8 Å². The van der Waals surface area contributed by atoms with Gasteiger partial charge in [0.05, 0.1) is 16.3 Å². The summed E-state index contributed by atoms with van der Waals surface area (Å²) in [7, 11) is -7.42. The molecule has 1 aliphatic heterocycles. The standard InChI is InChI=1S/C27H30BrN3O5S2/c28-24-10-14-26(15-11-24)38(35,36)31(19-16-22-6-2-1-3-7-22)21-27(32)29-20-23-8-12-25(13-9-23)37(33,34)30-17-4-5-18-30/h1-3,6-15H,4-5,16-21H2,(H,29,32). The van der Waals surface area contributed by atoms with E-state index in [2.05, 4.69) is 21.2 Å². The third-order valence-electron chi connectivity index (χ3n) is 6.38. The Balaban J connectivity index is 1.42. The molecule has 3 aromatic carbocycles. The molecule has 0 atom stereocenters. The van der Waals surface area contributed by atoms with Crippen LogP contribution in [0.5, 0.6) is 0 Å². The number of carbonyl (C=O) groups excluding carboxylic acids is 1. The highest BCUT2D eigenvalue weighted by Crippen LogP contribution is 2.22. The monoisotopic (exact) mass is 619 g/mol. The average molecular weight is 621 g/mol. The van der Waals surface area contributed by atoms with E-state index in [4.69, 9.17) is 0 Å². The molecule has 0 aliphatic carbocycles. The van der Waals surface area contributed by atoms with Gasteiger partial charge in [-0.1, -0.05) is 58.4 Å². The number of sulfonamides is 2. The highest BCUT2D eigenvalue weighted by molar-refractivity contribution is 9.10. The Morgan fingerprint density at radius 1 is 0.816 bits per heavy atom. The Hall–Kier alpha value is -2.57. The van der Waals surface area contributed by atoms with Crippen LogP contribution in [0.3, 0.4) is 0 Å². The first kappa shape index (κ1) is 28.4. The van der Waals surface area contributed by atoms with Crippen molar-refractivity contribution in [2.45, 2.75) is 35.6 Å². The summed E-state index contributed by atoms with van der Waals surface area (Å²) in [4.78, 5) is 13.2. The molecule has 1 saturated heterocycles. The van der Waals surface area contributed by atoms with Crippen LogP contribution in [0.1, 0.15) is 24.0 Å². The van der Waals surface area contributed by atoms with Crippen molar-refractivity contribution in [3.05, 3.63) is 94.5 Å². The molecule has 8 nitrogen and oxygen atoms in total. The van der Waals surface area contributed by atoms with Crippen LogP contribution < -0.4 is 5.32 Å². The van der Waals surface area contributed by atoms with E-state index in [0.717, 1.165) is 22.9 Å². The molecule has 0 bridgehead atoms. The molecule has 0 saturated carbocycles. The maximum atomic E-state index is 13.4. The molecular formula is C27H30BrN3O5S2. The van der Waals surface area contributed by atoms with Gasteiger partial charge in [0.25, 0.3) is 0 Å². The maximum Gasteiger partial charge on any atom is 0.243 e. The van der Waals surface area contributed by atoms with E-state index in [1.165, 1.54) is 20.7 Å². The zero-order valence-corrected chi connectivity index (χ0v) is 24.0. The minimum Gasteiger partial charge on any atom is -0.351 e. The zero-order valence-electron chi connectivity index (χ0n) is 20.8. The van der Waals surface area contributed by atoms with Gasteiger partial charge in [-0.3, -0.25) is 4.79 Å². The van der Waals surface area contributed by atoms with Gasteiger partial charge in [-0.15, -0.1) is 0 Å². The first-order valence-electron chi connectivity index (χ1n) is 12.3. The highest BCUT2D eigenvalue weighted by Gasteiger charge is 2.28. The lowest BCUT2D eigenvalue weighted by molar-refractivity contribution is -0.121. The average Bonchev–Trinajstić information content (AvgIpc) is 3.47. The Morgan fingerprint density at radius 3 is 2.05 bits per heavy atom. The fourth-order valence-corrected chi connectivity index (χ4v) is 7.39. The van der Waals surface area contributed by atoms with Crippen molar-refractivity contribution in [2.75, 3.05) is 26.2 Å². The van der Waals surface area contributed by atoms with E-state index < -0.39 is 26.0 Å². The summed E-state index contributed by atoms with van der Waals surface area (Å²) in [6.07, 6.45) is 2.18. The van der Waals surface area contributed by atoms with Gasteiger partial charge < -0.3 is 5.32 Å². The van der Waals surface area contributed by atoms with Gasteiger partial charge in [0.15, 0.2) is 0 Å². The molecule has 0 spiro atoms. The SMILES string of the molecule is O=C(CN(CCc1ccccc1)S(=O)(=O)c1ccc(Br)cc1)NCc1ccc(S(=O)(=O)N2CCCC2)cc1. The number of carbonyl (C=O) groups is 1. The Bertz CT molecular complexity index is 1440. The topological polar surface area (TPSA) is 104 Å². The molecule has 0 unspecified atom stereocenters. The highest BCUT2D eigenvalue weighted by atomic mass is 79.9. The van der Waals surface area contributed by atoms with Crippen LogP contribution in [0, 0.1) is 0 Å². The Labute approximate surface area is 232 Å².